The van der Waals surface area contributed by atoms with Crippen LogP contribution in [0.4, 0.5) is 0 Å². The molecule has 0 spiro atoms. The third kappa shape index (κ3) is 7.69. The average Bonchev–Trinajstić information content (AvgIpc) is 1.59. The van der Waals surface area contributed by atoms with Crippen molar-refractivity contribution >= 4 is 41.9 Å². The van der Waals surface area contributed by atoms with Crippen LogP contribution in [-0.4, -0.2) is 15.4 Å². The minimum atomic E-state index is -2.80. The van der Waals surface area contributed by atoms with Gasteiger partial charge in [-0.25, -0.2) is 0 Å². The van der Waals surface area contributed by atoms with Crippen LogP contribution < -0.4 is 0 Å². The fourth-order valence-electron chi connectivity index (χ4n) is 0.337. The van der Waals surface area contributed by atoms with E-state index < -0.39 is 15.4 Å². The topological polar surface area (TPSA) is 0 Å². The Morgan fingerprint density at radius 3 is 1.88 bits per heavy atom. The first kappa shape index (κ1) is 9.69. The van der Waals surface area contributed by atoms with Crippen LogP contribution in [0.2, 0.25) is 4.37 Å². The maximum atomic E-state index is 5.64. The summed E-state index contributed by atoms with van der Waals surface area (Å²) < 4.78 is 0.861. The molecule has 0 N–H and O–H groups in total. The molecule has 1 radical (unpaired) electrons. The second-order valence-corrected chi connectivity index (χ2v) is 21.1. The number of unbranched alkanes of at least 4 members (excludes halogenated alkanes) is 1. The molecule has 0 saturated heterocycles. The van der Waals surface area contributed by atoms with Crippen molar-refractivity contribution in [3.05, 3.63) is 0 Å². The maximum absolute atomic E-state index is 5.64. The molecule has 0 rings (SSSR count). The molecular formula is C4H9Cl3Sb. The first-order chi connectivity index (χ1) is 3.56. The predicted octanol–water partition coefficient (Wildman–Crippen LogP) is 3.44. The Balaban J connectivity index is 3.11. The molecule has 0 saturated carbocycles. The Labute approximate surface area is 65.5 Å². The van der Waals surface area contributed by atoms with Crippen molar-refractivity contribution in [1.29, 1.82) is 0 Å². The van der Waals surface area contributed by atoms with Gasteiger partial charge in [-0.2, -0.15) is 0 Å². The van der Waals surface area contributed by atoms with E-state index in [1.165, 1.54) is 0 Å². The van der Waals surface area contributed by atoms with Crippen LogP contribution in [0.3, 0.4) is 0 Å². The van der Waals surface area contributed by atoms with Crippen molar-refractivity contribution in [1.82, 2.24) is 0 Å². The van der Waals surface area contributed by atoms with E-state index in [1.54, 1.807) is 0 Å². The summed E-state index contributed by atoms with van der Waals surface area (Å²) in [5.41, 5.74) is 0. The van der Waals surface area contributed by atoms with E-state index in [1.807, 2.05) is 0 Å². The summed E-state index contributed by atoms with van der Waals surface area (Å²) in [4.78, 5) is 0. The zero-order valence-corrected chi connectivity index (χ0v) is 9.52. The second kappa shape index (κ2) is 4.50. The van der Waals surface area contributed by atoms with Gasteiger partial charge < -0.3 is 0 Å². The molecule has 0 aromatic carbocycles. The van der Waals surface area contributed by atoms with Crippen molar-refractivity contribution in [3.8, 4) is 0 Å². The molecule has 0 aliphatic heterocycles. The molecule has 4 heteroatoms. The quantitative estimate of drug-likeness (QED) is 0.697. The van der Waals surface area contributed by atoms with Crippen molar-refractivity contribution in [3.63, 3.8) is 0 Å². The predicted molar refractivity (Wildman–Crippen MR) is 43.0 cm³/mol. The fraction of sp³-hybridized carbons (Fsp3) is 1.00. The monoisotopic (exact) mass is 283 g/mol. The summed E-state index contributed by atoms with van der Waals surface area (Å²) in [5.74, 6) is 0. The van der Waals surface area contributed by atoms with Gasteiger partial charge in [0.15, 0.2) is 0 Å². The van der Waals surface area contributed by atoms with E-state index >= 15 is 0 Å². The Hall–Kier alpha value is 1.69. The Morgan fingerprint density at radius 2 is 1.75 bits per heavy atom. The standard InChI is InChI=1S/C4H9.3ClH.Sb/c1-3-4-2;;;;/h1,3-4H2,2H3;3*1H;/q;;;;+3/p-3. The number of halogens is 3. The van der Waals surface area contributed by atoms with Gasteiger partial charge in [-0.3, -0.25) is 0 Å². The van der Waals surface area contributed by atoms with E-state index in [2.05, 4.69) is 6.92 Å². The van der Waals surface area contributed by atoms with E-state index in [-0.39, 0.29) is 0 Å². The summed E-state index contributed by atoms with van der Waals surface area (Å²) in [5, 5.41) is 0. The molecule has 8 heavy (non-hydrogen) atoms. The van der Waals surface area contributed by atoms with Gasteiger partial charge in [-0.15, -0.1) is 0 Å². The summed E-state index contributed by atoms with van der Waals surface area (Å²) in [6.07, 6.45) is 2.20. The average molecular weight is 285 g/mol. The first-order valence-corrected chi connectivity index (χ1v) is 14.0. The van der Waals surface area contributed by atoms with Crippen molar-refractivity contribution in [2.24, 2.45) is 0 Å². The first-order valence-electron chi connectivity index (χ1n) is 2.53. The van der Waals surface area contributed by atoms with Crippen LogP contribution >= 0.6 is 26.5 Å². The zero-order valence-electron chi connectivity index (χ0n) is 4.70. The third-order valence-corrected chi connectivity index (χ3v) is 6.52. The molecule has 0 bridgehead atoms. The van der Waals surface area contributed by atoms with Crippen LogP contribution in [0.15, 0.2) is 0 Å². The molecule has 0 nitrogen and oxygen atoms in total. The van der Waals surface area contributed by atoms with Gasteiger partial charge in [0.1, 0.15) is 0 Å². The van der Waals surface area contributed by atoms with Crippen molar-refractivity contribution < 1.29 is 0 Å². The van der Waals surface area contributed by atoms with Gasteiger partial charge in [0.05, 0.1) is 0 Å². The zero-order chi connectivity index (χ0) is 6.62. The van der Waals surface area contributed by atoms with E-state index in [4.69, 9.17) is 26.5 Å². The van der Waals surface area contributed by atoms with Crippen LogP contribution in [0.25, 0.3) is 0 Å². The Morgan fingerprint density at radius 1 is 1.25 bits per heavy atom. The molecule has 0 unspecified atom stereocenters. The summed E-state index contributed by atoms with van der Waals surface area (Å²) in [6, 6.07) is 0. The molecule has 0 aliphatic rings. The summed E-state index contributed by atoms with van der Waals surface area (Å²) >= 11 is -2.80. The Kier molecular flexibility index (Phi) is 5.44. The van der Waals surface area contributed by atoms with E-state index in [0.717, 1.165) is 17.2 Å². The van der Waals surface area contributed by atoms with Crippen LogP contribution in [0.5, 0.6) is 0 Å². The SMILES string of the molecule is CCC[CH2][Sb]([Cl])([Cl])[Cl]. The molecule has 0 aliphatic carbocycles. The van der Waals surface area contributed by atoms with Gasteiger partial charge in [-0.05, 0) is 0 Å². The Bertz CT molecular complexity index is 58.8. The minimum absolute atomic E-state index is 0.861. The molecule has 0 heterocycles. The number of hydrogen-bond donors (Lipinski definition) is 0. The van der Waals surface area contributed by atoms with E-state index in [9.17, 15) is 0 Å². The number of hydrogen-bond acceptors (Lipinski definition) is 0. The molecule has 0 aromatic heterocycles. The van der Waals surface area contributed by atoms with Gasteiger partial charge in [0.25, 0.3) is 0 Å². The summed E-state index contributed by atoms with van der Waals surface area (Å²) in [7, 11) is 16.9. The van der Waals surface area contributed by atoms with Crippen molar-refractivity contribution in [2.45, 2.75) is 24.1 Å². The van der Waals surface area contributed by atoms with Crippen LogP contribution in [0, 0.1) is 0 Å². The third-order valence-electron chi connectivity index (χ3n) is 0.765. The van der Waals surface area contributed by atoms with Gasteiger partial charge in [0.2, 0.25) is 0 Å². The molecular weight excluding hydrogens is 276 g/mol. The van der Waals surface area contributed by atoms with Crippen LogP contribution in [0.1, 0.15) is 19.8 Å². The molecule has 0 amide bonds. The molecule has 0 fully saturated rings. The molecule has 51 valence electrons. The summed E-state index contributed by atoms with van der Waals surface area (Å²) in [6.45, 7) is 2.10. The van der Waals surface area contributed by atoms with Gasteiger partial charge in [-0.1, -0.05) is 0 Å². The molecule has 0 aromatic rings. The normalized spacial score (nSPS) is 12.0. The fourth-order valence-corrected chi connectivity index (χ4v) is 4.67. The van der Waals surface area contributed by atoms with E-state index in [0.29, 0.717) is 0 Å². The van der Waals surface area contributed by atoms with Crippen LogP contribution in [-0.2, 0) is 0 Å². The van der Waals surface area contributed by atoms with Gasteiger partial charge in [0, 0.05) is 0 Å². The molecule has 0 atom stereocenters. The van der Waals surface area contributed by atoms with Crippen molar-refractivity contribution in [2.75, 3.05) is 0 Å². The number of rotatable bonds is 3. The van der Waals surface area contributed by atoms with Gasteiger partial charge >= 0.3 is 66.0 Å². The second-order valence-electron chi connectivity index (χ2n) is 1.63.